The van der Waals surface area contributed by atoms with Crippen LogP contribution in [0.25, 0.3) is 11.0 Å². The molecule has 0 radical (unpaired) electrons. The van der Waals surface area contributed by atoms with E-state index in [0.717, 1.165) is 33.6 Å². The quantitative estimate of drug-likeness (QED) is 0.694. The zero-order chi connectivity index (χ0) is 11.7. The molecule has 0 spiro atoms. The summed E-state index contributed by atoms with van der Waals surface area (Å²) in [6.45, 7) is 1.89. The summed E-state index contributed by atoms with van der Waals surface area (Å²) in [6.07, 6.45) is 0. The average molecular weight is 245 g/mol. The third kappa shape index (κ3) is 2.16. The van der Waals surface area contributed by atoms with Gasteiger partial charge in [0.25, 0.3) is 0 Å². The monoisotopic (exact) mass is 245 g/mol. The Bertz CT molecular complexity index is 609. The van der Waals surface area contributed by atoms with Crippen molar-refractivity contribution in [3.63, 3.8) is 0 Å². The molecule has 0 saturated carbocycles. The molecule has 0 bridgehead atoms. The van der Waals surface area contributed by atoms with Gasteiger partial charge in [-0.05, 0) is 19.1 Å². The van der Waals surface area contributed by atoms with Crippen LogP contribution >= 0.6 is 11.8 Å². The standard InChI is InChI=1S/C11H11N5S/c1-7-12-11(16-15-7)17-6-10-13-8-4-2-3-5-9(8)14-10/h2-5H,6H2,1H3,(H,13,14)(H,12,15,16). The smallest absolute Gasteiger partial charge is 0.208 e. The summed E-state index contributed by atoms with van der Waals surface area (Å²) in [5.74, 6) is 2.52. The minimum Gasteiger partial charge on any atom is -0.341 e. The van der Waals surface area contributed by atoms with Crippen LogP contribution in [0.15, 0.2) is 29.4 Å². The number of para-hydroxylation sites is 2. The number of imidazole rings is 1. The van der Waals surface area contributed by atoms with Gasteiger partial charge >= 0.3 is 0 Å². The van der Waals surface area contributed by atoms with Gasteiger partial charge in [0, 0.05) is 0 Å². The molecule has 0 aliphatic rings. The first-order valence-electron chi connectivity index (χ1n) is 5.27. The van der Waals surface area contributed by atoms with Crippen LogP contribution in [0.2, 0.25) is 0 Å². The van der Waals surface area contributed by atoms with Gasteiger partial charge in [-0.3, -0.25) is 5.10 Å². The second-order valence-corrected chi connectivity index (χ2v) is 4.64. The Kier molecular flexibility index (Phi) is 2.56. The van der Waals surface area contributed by atoms with Crippen LogP contribution in [0.1, 0.15) is 11.6 Å². The van der Waals surface area contributed by atoms with E-state index in [4.69, 9.17) is 0 Å². The molecule has 0 aliphatic heterocycles. The highest BCUT2D eigenvalue weighted by Crippen LogP contribution is 2.19. The van der Waals surface area contributed by atoms with Crippen molar-refractivity contribution in [2.24, 2.45) is 0 Å². The van der Waals surface area contributed by atoms with E-state index in [1.807, 2.05) is 31.2 Å². The molecule has 2 N–H and O–H groups in total. The van der Waals surface area contributed by atoms with Crippen molar-refractivity contribution in [2.75, 3.05) is 0 Å². The molecule has 0 unspecified atom stereocenters. The zero-order valence-corrected chi connectivity index (χ0v) is 10.1. The number of aromatic amines is 2. The maximum Gasteiger partial charge on any atom is 0.208 e. The minimum absolute atomic E-state index is 0.742. The second-order valence-electron chi connectivity index (χ2n) is 3.69. The van der Waals surface area contributed by atoms with E-state index < -0.39 is 0 Å². The predicted molar refractivity (Wildman–Crippen MR) is 66.8 cm³/mol. The number of aromatic nitrogens is 5. The Balaban J connectivity index is 1.76. The van der Waals surface area contributed by atoms with E-state index in [-0.39, 0.29) is 0 Å². The first kappa shape index (κ1) is 10.3. The number of thioether (sulfide) groups is 1. The molecular weight excluding hydrogens is 234 g/mol. The van der Waals surface area contributed by atoms with Gasteiger partial charge in [0.15, 0.2) is 0 Å². The number of hydrogen-bond acceptors (Lipinski definition) is 4. The number of fused-ring (bicyclic) bond motifs is 1. The molecular formula is C11H11N5S. The average Bonchev–Trinajstić information content (AvgIpc) is 2.91. The van der Waals surface area contributed by atoms with Crippen molar-refractivity contribution < 1.29 is 0 Å². The molecule has 3 aromatic rings. The number of hydrogen-bond donors (Lipinski definition) is 2. The maximum atomic E-state index is 4.49. The zero-order valence-electron chi connectivity index (χ0n) is 9.27. The van der Waals surface area contributed by atoms with Crippen molar-refractivity contribution in [1.82, 2.24) is 25.1 Å². The Morgan fingerprint density at radius 1 is 1.24 bits per heavy atom. The van der Waals surface area contributed by atoms with Crippen molar-refractivity contribution in [2.45, 2.75) is 17.8 Å². The highest BCUT2D eigenvalue weighted by atomic mass is 32.2. The van der Waals surface area contributed by atoms with E-state index in [2.05, 4.69) is 25.1 Å². The molecule has 17 heavy (non-hydrogen) atoms. The van der Waals surface area contributed by atoms with Crippen LogP contribution in [0.5, 0.6) is 0 Å². The summed E-state index contributed by atoms with van der Waals surface area (Å²) in [5, 5.41) is 7.64. The van der Waals surface area contributed by atoms with E-state index in [0.29, 0.717) is 0 Å². The van der Waals surface area contributed by atoms with Gasteiger partial charge in [-0.15, -0.1) is 5.10 Å². The van der Waals surface area contributed by atoms with Gasteiger partial charge < -0.3 is 4.98 Å². The highest BCUT2D eigenvalue weighted by molar-refractivity contribution is 7.98. The normalized spacial score (nSPS) is 11.1. The topological polar surface area (TPSA) is 70.2 Å². The van der Waals surface area contributed by atoms with Gasteiger partial charge in [-0.1, -0.05) is 23.9 Å². The first-order chi connectivity index (χ1) is 8.31. The first-order valence-corrected chi connectivity index (χ1v) is 6.25. The molecule has 2 heterocycles. The lowest BCUT2D eigenvalue weighted by Gasteiger charge is -1.91. The van der Waals surface area contributed by atoms with E-state index in [1.165, 1.54) is 0 Å². The Hall–Kier alpha value is -1.82. The Morgan fingerprint density at radius 3 is 2.88 bits per heavy atom. The fourth-order valence-corrected chi connectivity index (χ4v) is 2.31. The largest absolute Gasteiger partial charge is 0.341 e. The molecule has 0 atom stereocenters. The molecule has 5 nitrogen and oxygen atoms in total. The van der Waals surface area contributed by atoms with Crippen LogP contribution in [0, 0.1) is 6.92 Å². The molecule has 0 saturated heterocycles. The number of H-pyrrole nitrogens is 2. The van der Waals surface area contributed by atoms with Crippen molar-refractivity contribution >= 4 is 22.8 Å². The molecule has 2 aromatic heterocycles. The molecule has 6 heteroatoms. The van der Waals surface area contributed by atoms with Gasteiger partial charge in [0.2, 0.25) is 5.16 Å². The van der Waals surface area contributed by atoms with Crippen LogP contribution < -0.4 is 0 Å². The fourth-order valence-electron chi connectivity index (χ4n) is 1.59. The summed E-state index contributed by atoms with van der Waals surface area (Å²) < 4.78 is 0. The van der Waals surface area contributed by atoms with E-state index in [9.17, 15) is 0 Å². The number of nitrogens with one attached hydrogen (secondary N) is 2. The number of benzene rings is 1. The molecule has 1 aromatic carbocycles. The summed E-state index contributed by atoms with van der Waals surface area (Å²) in [4.78, 5) is 12.0. The summed E-state index contributed by atoms with van der Waals surface area (Å²) in [7, 11) is 0. The lowest BCUT2D eigenvalue weighted by atomic mass is 10.3. The second kappa shape index (κ2) is 4.21. The van der Waals surface area contributed by atoms with Crippen molar-refractivity contribution in [3.05, 3.63) is 35.9 Å². The molecule has 0 amide bonds. The number of nitrogens with zero attached hydrogens (tertiary/aromatic N) is 3. The molecule has 0 fully saturated rings. The van der Waals surface area contributed by atoms with Crippen LogP contribution in [-0.4, -0.2) is 25.1 Å². The van der Waals surface area contributed by atoms with Gasteiger partial charge in [0.05, 0.1) is 16.8 Å². The fraction of sp³-hybridized carbons (Fsp3) is 0.182. The summed E-state index contributed by atoms with van der Waals surface area (Å²) in [6, 6.07) is 8.00. The Labute approximate surface area is 102 Å². The van der Waals surface area contributed by atoms with Gasteiger partial charge in [0.1, 0.15) is 11.6 Å². The van der Waals surface area contributed by atoms with Crippen LogP contribution in [-0.2, 0) is 5.75 Å². The predicted octanol–water partition coefficient (Wildman–Crippen LogP) is 2.28. The lowest BCUT2D eigenvalue weighted by Crippen LogP contribution is -1.84. The minimum atomic E-state index is 0.742. The summed E-state index contributed by atoms with van der Waals surface area (Å²) in [5.41, 5.74) is 2.06. The van der Waals surface area contributed by atoms with Crippen LogP contribution in [0.3, 0.4) is 0 Å². The van der Waals surface area contributed by atoms with Crippen molar-refractivity contribution in [1.29, 1.82) is 0 Å². The number of aryl methyl sites for hydroxylation is 1. The van der Waals surface area contributed by atoms with Crippen LogP contribution in [0.4, 0.5) is 0 Å². The van der Waals surface area contributed by atoms with E-state index in [1.54, 1.807) is 11.8 Å². The third-order valence-electron chi connectivity index (χ3n) is 2.35. The lowest BCUT2D eigenvalue weighted by molar-refractivity contribution is 0.966. The maximum absolute atomic E-state index is 4.49. The SMILES string of the molecule is Cc1nc(SCc2nc3ccccc3[nH]2)n[nH]1. The molecule has 3 rings (SSSR count). The number of rotatable bonds is 3. The van der Waals surface area contributed by atoms with Crippen molar-refractivity contribution in [3.8, 4) is 0 Å². The summed E-state index contributed by atoms with van der Waals surface area (Å²) >= 11 is 1.56. The highest BCUT2D eigenvalue weighted by Gasteiger charge is 2.05. The Morgan fingerprint density at radius 2 is 2.12 bits per heavy atom. The van der Waals surface area contributed by atoms with Gasteiger partial charge in [-0.2, -0.15) is 0 Å². The van der Waals surface area contributed by atoms with Gasteiger partial charge in [-0.25, -0.2) is 9.97 Å². The third-order valence-corrected chi connectivity index (χ3v) is 3.21. The molecule has 0 aliphatic carbocycles. The molecule has 86 valence electrons. The van der Waals surface area contributed by atoms with E-state index >= 15 is 0 Å².